The fourth-order valence-corrected chi connectivity index (χ4v) is 4.41. The van der Waals surface area contributed by atoms with E-state index >= 15 is 0 Å². The van der Waals surface area contributed by atoms with Crippen molar-refractivity contribution in [2.24, 2.45) is 23.7 Å². The van der Waals surface area contributed by atoms with E-state index in [1.807, 2.05) is 26.0 Å². The molecule has 0 heterocycles. The van der Waals surface area contributed by atoms with Crippen LogP contribution in [0.2, 0.25) is 0 Å². The van der Waals surface area contributed by atoms with Gasteiger partial charge in [0.25, 0.3) is 0 Å². The van der Waals surface area contributed by atoms with Gasteiger partial charge in [0.15, 0.2) is 0 Å². The largest absolute Gasteiger partial charge is 0.469 e. The first-order valence-corrected chi connectivity index (χ1v) is 10.1. The highest BCUT2D eigenvalue weighted by Gasteiger charge is 2.44. The minimum Gasteiger partial charge on any atom is -0.469 e. The highest BCUT2D eigenvalue weighted by atomic mass is 16.5. The molecule has 0 saturated heterocycles. The Morgan fingerprint density at radius 2 is 2.19 bits per heavy atom. The summed E-state index contributed by atoms with van der Waals surface area (Å²) in [7, 11) is 1.42. The van der Waals surface area contributed by atoms with E-state index < -0.39 is 6.10 Å². The molecule has 4 nitrogen and oxygen atoms in total. The Hall–Kier alpha value is -1.57. The number of aliphatic hydroxyl groups excluding tert-OH is 2. The first-order valence-electron chi connectivity index (χ1n) is 10.1. The van der Waals surface area contributed by atoms with Crippen LogP contribution in [0, 0.1) is 35.5 Å². The molecule has 27 heavy (non-hydrogen) atoms. The third kappa shape index (κ3) is 6.23. The zero-order valence-corrected chi connectivity index (χ0v) is 16.9. The van der Waals surface area contributed by atoms with E-state index in [9.17, 15) is 15.0 Å². The van der Waals surface area contributed by atoms with Crippen LogP contribution in [0.25, 0.3) is 0 Å². The van der Waals surface area contributed by atoms with Gasteiger partial charge in [0.2, 0.25) is 0 Å². The number of carbonyl (C=O) groups is 1. The summed E-state index contributed by atoms with van der Waals surface area (Å²) in [6.07, 6.45) is 11.1. The zero-order valence-electron chi connectivity index (χ0n) is 16.9. The average Bonchev–Trinajstić information content (AvgIpc) is 3.17. The van der Waals surface area contributed by atoms with Gasteiger partial charge in [-0.2, -0.15) is 0 Å². The van der Waals surface area contributed by atoms with Crippen LogP contribution in [-0.2, 0) is 9.53 Å². The lowest BCUT2D eigenvalue weighted by Crippen LogP contribution is -2.19. The van der Waals surface area contributed by atoms with Gasteiger partial charge in [-0.05, 0) is 56.8 Å². The topological polar surface area (TPSA) is 66.8 Å². The van der Waals surface area contributed by atoms with Crippen LogP contribution in [0.1, 0.15) is 58.8 Å². The van der Waals surface area contributed by atoms with Crippen molar-refractivity contribution in [1.82, 2.24) is 0 Å². The van der Waals surface area contributed by atoms with Gasteiger partial charge in [-0.1, -0.05) is 30.7 Å². The molecule has 2 aliphatic carbocycles. The van der Waals surface area contributed by atoms with Crippen LogP contribution in [0.4, 0.5) is 0 Å². The number of allylic oxidation sites excluding steroid dienone is 2. The predicted molar refractivity (Wildman–Crippen MR) is 107 cm³/mol. The van der Waals surface area contributed by atoms with Crippen molar-refractivity contribution in [2.75, 3.05) is 7.11 Å². The lowest BCUT2D eigenvalue weighted by atomic mass is 9.89. The molecule has 6 atom stereocenters. The summed E-state index contributed by atoms with van der Waals surface area (Å²) in [4.78, 5) is 11.2. The predicted octanol–water partition coefficient (Wildman–Crippen LogP) is 3.63. The second kappa shape index (κ2) is 10.7. The van der Waals surface area contributed by atoms with Crippen molar-refractivity contribution in [3.05, 3.63) is 23.8 Å². The Kier molecular flexibility index (Phi) is 8.60. The van der Waals surface area contributed by atoms with Gasteiger partial charge in [-0.3, -0.25) is 4.79 Å². The Bertz CT molecular complexity index is 610. The molecule has 2 fully saturated rings. The van der Waals surface area contributed by atoms with E-state index in [0.717, 1.165) is 32.1 Å². The minimum absolute atomic E-state index is 0.0943. The lowest BCUT2D eigenvalue weighted by Gasteiger charge is -2.19. The van der Waals surface area contributed by atoms with E-state index in [0.29, 0.717) is 24.7 Å². The summed E-state index contributed by atoms with van der Waals surface area (Å²) < 4.78 is 4.67. The minimum atomic E-state index is -0.521. The molecular formula is C23H34O4. The standard InChI is InChI=1S/C23H34O4/c1-4-5-8-16(2)21(24)12-11-19-20-14-17(13-18(20)15-22(19)25)9-6-7-10-23(26)27-3/h9,11-12,16,18-22,24-25H,6-8,10,13-15H2,1-3H3/t16?,18-,19-,20-,21+,22+/m0/s1. The molecular weight excluding hydrogens is 340 g/mol. The number of esters is 1. The SMILES string of the molecule is CC#CCC(C)[C@H](O)C=C[C@H]1[C@H]2CC(=CCCCC(=O)OC)C[C@H]2C[C@H]1O. The molecule has 0 spiro atoms. The summed E-state index contributed by atoms with van der Waals surface area (Å²) in [5.74, 6) is 6.93. The number of hydrogen-bond donors (Lipinski definition) is 2. The van der Waals surface area contributed by atoms with Crippen LogP contribution in [0.5, 0.6) is 0 Å². The maximum atomic E-state index is 11.2. The third-order valence-electron chi connectivity index (χ3n) is 6.07. The van der Waals surface area contributed by atoms with E-state index in [1.54, 1.807) is 0 Å². The second-order valence-corrected chi connectivity index (χ2v) is 8.03. The van der Waals surface area contributed by atoms with Gasteiger partial charge in [-0.15, -0.1) is 11.8 Å². The Labute approximate surface area is 163 Å². The number of fused-ring (bicyclic) bond motifs is 1. The van der Waals surface area contributed by atoms with Gasteiger partial charge in [0.1, 0.15) is 0 Å². The van der Waals surface area contributed by atoms with Gasteiger partial charge < -0.3 is 14.9 Å². The summed E-state index contributed by atoms with van der Waals surface area (Å²) in [5.41, 5.74) is 1.45. The van der Waals surface area contributed by atoms with Gasteiger partial charge in [-0.25, -0.2) is 0 Å². The van der Waals surface area contributed by atoms with Gasteiger partial charge in [0, 0.05) is 18.8 Å². The van der Waals surface area contributed by atoms with E-state index in [-0.39, 0.29) is 23.9 Å². The van der Waals surface area contributed by atoms with E-state index in [4.69, 9.17) is 0 Å². The van der Waals surface area contributed by atoms with Crippen LogP contribution < -0.4 is 0 Å². The molecule has 0 aromatic rings. The molecule has 1 unspecified atom stereocenters. The number of carbonyl (C=O) groups excluding carboxylic acids is 1. The van der Waals surface area contributed by atoms with Crippen molar-refractivity contribution in [1.29, 1.82) is 0 Å². The fourth-order valence-electron chi connectivity index (χ4n) is 4.41. The number of methoxy groups -OCH3 is 1. The molecule has 0 bridgehead atoms. The fraction of sp³-hybridized carbons (Fsp3) is 0.696. The second-order valence-electron chi connectivity index (χ2n) is 8.03. The first kappa shape index (κ1) is 21.7. The highest BCUT2D eigenvalue weighted by molar-refractivity contribution is 5.69. The molecule has 2 N–H and O–H groups in total. The molecule has 0 radical (unpaired) electrons. The third-order valence-corrected chi connectivity index (χ3v) is 6.07. The molecule has 2 aliphatic rings. The zero-order chi connectivity index (χ0) is 19.8. The van der Waals surface area contributed by atoms with Gasteiger partial charge >= 0.3 is 5.97 Å². The van der Waals surface area contributed by atoms with Crippen molar-refractivity contribution < 1.29 is 19.7 Å². The number of unbranched alkanes of at least 4 members (excludes halogenated alkanes) is 1. The van der Waals surface area contributed by atoms with E-state index in [1.165, 1.54) is 12.7 Å². The van der Waals surface area contributed by atoms with E-state index in [2.05, 4.69) is 22.7 Å². The van der Waals surface area contributed by atoms with Gasteiger partial charge in [0.05, 0.1) is 19.3 Å². The quantitative estimate of drug-likeness (QED) is 0.295. The molecule has 0 amide bonds. The Balaban J connectivity index is 1.87. The lowest BCUT2D eigenvalue weighted by molar-refractivity contribution is -0.140. The number of hydrogen-bond acceptors (Lipinski definition) is 4. The van der Waals surface area contributed by atoms with Crippen LogP contribution in [0.15, 0.2) is 23.8 Å². The smallest absolute Gasteiger partial charge is 0.305 e. The molecule has 150 valence electrons. The summed E-state index contributed by atoms with van der Waals surface area (Å²) >= 11 is 0. The molecule has 0 aromatic carbocycles. The maximum Gasteiger partial charge on any atom is 0.305 e. The van der Waals surface area contributed by atoms with Crippen molar-refractivity contribution >= 4 is 5.97 Å². The molecule has 2 rings (SSSR count). The summed E-state index contributed by atoms with van der Waals surface area (Å²) in [5, 5.41) is 20.8. The van der Waals surface area contributed by atoms with Crippen molar-refractivity contribution in [3.63, 3.8) is 0 Å². The van der Waals surface area contributed by atoms with Crippen LogP contribution in [0.3, 0.4) is 0 Å². The Morgan fingerprint density at radius 1 is 1.41 bits per heavy atom. The Morgan fingerprint density at radius 3 is 2.89 bits per heavy atom. The molecule has 0 aliphatic heterocycles. The summed E-state index contributed by atoms with van der Waals surface area (Å²) in [6.45, 7) is 3.81. The number of ether oxygens (including phenoxy) is 1. The normalized spacial score (nSPS) is 30.8. The summed E-state index contributed by atoms with van der Waals surface area (Å²) in [6, 6.07) is 0. The van der Waals surface area contributed by atoms with Crippen LogP contribution in [-0.4, -0.2) is 35.5 Å². The molecule has 4 heteroatoms. The maximum absolute atomic E-state index is 11.2. The molecule has 2 saturated carbocycles. The average molecular weight is 375 g/mol. The van der Waals surface area contributed by atoms with Crippen molar-refractivity contribution in [2.45, 2.75) is 71.0 Å². The van der Waals surface area contributed by atoms with Crippen molar-refractivity contribution in [3.8, 4) is 11.8 Å². The first-order chi connectivity index (χ1) is 13.0. The monoisotopic (exact) mass is 374 g/mol. The molecule has 0 aromatic heterocycles. The number of rotatable bonds is 8. The van der Waals surface area contributed by atoms with Crippen LogP contribution >= 0.6 is 0 Å². The highest BCUT2D eigenvalue weighted by Crippen LogP contribution is 2.50. The number of aliphatic hydroxyl groups is 2.